The first-order valence-electron chi connectivity index (χ1n) is 7.45. The number of hydrogen-bond donors (Lipinski definition) is 2. The van der Waals surface area contributed by atoms with Crippen molar-refractivity contribution < 1.29 is 0 Å². The molecule has 6 heteroatoms. The van der Waals surface area contributed by atoms with Gasteiger partial charge in [0, 0.05) is 32.1 Å². The van der Waals surface area contributed by atoms with E-state index < -0.39 is 0 Å². The van der Waals surface area contributed by atoms with Gasteiger partial charge in [-0.2, -0.15) is 4.98 Å². The summed E-state index contributed by atoms with van der Waals surface area (Å²) in [4.78, 5) is 9.35. The maximum atomic E-state index is 5.92. The molecule has 2 aliphatic heterocycles. The van der Waals surface area contributed by atoms with Crippen molar-refractivity contribution in [2.24, 2.45) is 5.73 Å². The molecule has 3 N–H and O–H groups in total. The maximum Gasteiger partial charge on any atom is 0.244 e. The zero-order valence-electron chi connectivity index (χ0n) is 11.5. The Morgan fingerprint density at radius 3 is 2.63 bits per heavy atom. The largest absolute Gasteiger partial charge is 0.339 e. The highest BCUT2D eigenvalue weighted by molar-refractivity contribution is 5.29. The van der Waals surface area contributed by atoms with Crippen LogP contribution < -0.4 is 10.6 Å². The molecule has 0 aliphatic carbocycles. The molecule has 2 saturated heterocycles. The molecule has 2 fully saturated rings. The van der Waals surface area contributed by atoms with Crippen LogP contribution in [-0.4, -0.2) is 58.8 Å². The van der Waals surface area contributed by atoms with Gasteiger partial charge in [-0.25, -0.2) is 0 Å². The second-order valence-electron chi connectivity index (χ2n) is 5.71. The Hall–Kier alpha value is -1.14. The minimum absolute atomic E-state index is 0.352. The number of aromatic nitrogens is 3. The highest BCUT2D eigenvalue weighted by Gasteiger charge is 2.19. The quantitative estimate of drug-likeness (QED) is 0.822. The van der Waals surface area contributed by atoms with E-state index in [4.69, 9.17) is 5.73 Å². The summed E-state index contributed by atoms with van der Waals surface area (Å²) in [5.41, 5.74) is 5.92. The summed E-state index contributed by atoms with van der Waals surface area (Å²) in [5, 5.41) is 7.42. The lowest BCUT2D eigenvalue weighted by Crippen LogP contribution is -2.40. The van der Waals surface area contributed by atoms with E-state index in [0.717, 1.165) is 50.7 Å². The lowest BCUT2D eigenvalue weighted by atomic mass is 10.1. The monoisotopic (exact) mass is 264 g/mol. The minimum atomic E-state index is 0.352. The number of nitrogens with one attached hydrogen (secondary N) is 1. The number of nitrogens with zero attached hydrogens (tertiary/aromatic N) is 4. The molecule has 1 aromatic rings. The van der Waals surface area contributed by atoms with Crippen LogP contribution in [0.1, 0.15) is 31.5 Å². The normalized spacial score (nSPS) is 22.3. The molecule has 6 nitrogen and oxygen atoms in total. The molecule has 0 spiro atoms. The second-order valence-corrected chi connectivity index (χ2v) is 5.71. The van der Waals surface area contributed by atoms with E-state index in [0.29, 0.717) is 6.04 Å². The Balaban J connectivity index is 1.51. The summed E-state index contributed by atoms with van der Waals surface area (Å²) >= 11 is 0. The van der Waals surface area contributed by atoms with Crippen molar-refractivity contribution in [3.8, 4) is 0 Å². The van der Waals surface area contributed by atoms with Crippen LogP contribution in [-0.2, 0) is 6.42 Å². The van der Waals surface area contributed by atoms with Crippen LogP contribution in [0.4, 0.5) is 5.95 Å². The third kappa shape index (κ3) is 3.25. The van der Waals surface area contributed by atoms with Crippen molar-refractivity contribution >= 4 is 5.95 Å². The summed E-state index contributed by atoms with van der Waals surface area (Å²) < 4.78 is 0. The number of anilines is 1. The SMILES string of the molecule is NC1CCN(c2n[nH]c(CCN3CCCC3)n2)CC1. The fraction of sp³-hybridized carbons (Fsp3) is 0.846. The average molecular weight is 264 g/mol. The Bertz CT molecular complexity index is 390. The van der Waals surface area contributed by atoms with E-state index in [1.165, 1.54) is 25.9 Å². The van der Waals surface area contributed by atoms with Crippen molar-refractivity contribution in [1.82, 2.24) is 20.1 Å². The molecule has 3 rings (SSSR count). The van der Waals surface area contributed by atoms with E-state index >= 15 is 0 Å². The van der Waals surface area contributed by atoms with Crippen LogP contribution in [0.5, 0.6) is 0 Å². The van der Waals surface area contributed by atoms with Crippen molar-refractivity contribution in [3.63, 3.8) is 0 Å². The molecule has 0 bridgehead atoms. The smallest absolute Gasteiger partial charge is 0.244 e. The molecule has 0 atom stereocenters. The van der Waals surface area contributed by atoms with Crippen LogP contribution in [0.3, 0.4) is 0 Å². The lowest BCUT2D eigenvalue weighted by Gasteiger charge is -2.28. The maximum absolute atomic E-state index is 5.92. The van der Waals surface area contributed by atoms with Gasteiger partial charge in [0.15, 0.2) is 0 Å². The van der Waals surface area contributed by atoms with E-state index in [2.05, 4.69) is 25.0 Å². The number of hydrogen-bond acceptors (Lipinski definition) is 5. The number of H-pyrrole nitrogens is 1. The van der Waals surface area contributed by atoms with Gasteiger partial charge in [-0.1, -0.05) is 0 Å². The molecule has 2 aliphatic rings. The molecule has 3 heterocycles. The van der Waals surface area contributed by atoms with Crippen molar-refractivity contribution in [2.45, 2.75) is 38.1 Å². The molecule has 0 radical (unpaired) electrons. The van der Waals surface area contributed by atoms with Gasteiger partial charge in [-0.05, 0) is 38.8 Å². The predicted molar refractivity (Wildman–Crippen MR) is 75.2 cm³/mol. The summed E-state index contributed by atoms with van der Waals surface area (Å²) in [6, 6.07) is 0.352. The highest BCUT2D eigenvalue weighted by Crippen LogP contribution is 2.15. The van der Waals surface area contributed by atoms with Crippen LogP contribution in [0.2, 0.25) is 0 Å². The number of nitrogens with two attached hydrogens (primary N) is 1. The van der Waals surface area contributed by atoms with Gasteiger partial charge in [-0.3, -0.25) is 5.10 Å². The molecule has 0 amide bonds. The average Bonchev–Trinajstić information content (AvgIpc) is 3.09. The van der Waals surface area contributed by atoms with Gasteiger partial charge in [0.05, 0.1) is 0 Å². The zero-order chi connectivity index (χ0) is 13.1. The fourth-order valence-corrected chi connectivity index (χ4v) is 2.91. The Labute approximate surface area is 114 Å². The first-order chi connectivity index (χ1) is 9.31. The Kier molecular flexibility index (Phi) is 3.98. The molecule has 1 aromatic heterocycles. The highest BCUT2D eigenvalue weighted by atomic mass is 15.4. The third-order valence-electron chi connectivity index (χ3n) is 4.21. The van der Waals surface area contributed by atoms with Crippen LogP contribution >= 0.6 is 0 Å². The van der Waals surface area contributed by atoms with E-state index in [1.807, 2.05) is 0 Å². The van der Waals surface area contributed by atoms with Crippen LogP contribution in [0, 0.1) is 0 Å². The number of aromatic amines is 1. The van der Waals surface area contributed by atoms with Gasteiger partial charge in [-0.15, -0.1) is 5.10 Å². The fourth-order valence-electron chi connectivity index (χ4n) is 2.91. The summed E-state index contributed by atoms with van der Waals surface area (Å²) in [5.74, 6) is 1.86. The van der Waals surface area contributed by atoms with Crippen LogP contribution in [0.25, 0.3) is 0 Å². The van der Waals surface area contributed by atoms with Gasteiger partial charge < -0.3 is 15.5 Å². The molecule has 106 valence electrons. The predicted octanol–water partition coefficient (Wildman–Crippen LogP) is 0.370. The molecule has 0 saturated carbocycles. The van der Waals surface area contributed by atoms with E-state index in [9.17, 15) is 0 Å². The number of rotatable bonds is 4. The molecule has 19 heavy (non-hydrogen) atoms. The van der Waals surface area contributed by atoms with Gasteiger partial charge in [0.2, 0.25) is 5.95 Å². The van der Waals surface area contributed by atoms with Crippen molar-refractivity contribution in [3.05, 3.63) is 5.82 Å². The molecule has 0 unspecified atom stereocenters. The number of piperidine rings is 1. The molecular weight excluding hydrogens is 240 g/mol. The zero-order valence-corrected chi connectivity index (χ0v) is 11.5. The van der Waals surface area contributed by atoms with Crippen LogP contribution in [0.15, 0.2) is 0 Å². The summed E-state index contributed by atoms with van der Waals surface area (Å²) in [6.45, 7) is 5.53. The van der Waals surface area contributed by atoms with E-state index in [1.54, 1.807) is 0 Å². The van der Waals surface area contributed by atoms with Gasteiger partial charge >= 0.3 is 0 Å². The first kappa shape index (κ1) is 12.9. The van der Waals surface area contributed by atoms with Gasteiger partial charge in [0.25, 0.3) is 0 Å². The molecular formula is C13H24N6. The topological polar surface area (TPSA) is 74.1 Å². The lowest BCUT2D eigenvalue weighted by molar-refractivity contribution is 0.341. The second kappa shape index (κ2) is 5.88. The summed E-state index contributed by atoms with van der Waals surface area (Å²) in [6.07, 6.45) is 5.74. The first-order valence-corrected chi connectivity index (χ1v) is 7.45. The molecule has 0 aromatic carbocycles. The standard InChI is InChI=1S/C13H24N6/c14-11-3-9-19(10-4-11)13-15-12(16-17-13)5-8-18-6-1-2-7-18/h11H,1-10,14H2,(H,15,16,17). The van der Waals surface area contributed by atoms with E-state index in [-0.39, 0.29) is 0 Å². The van der Waals surface area contributed by atoms with Gasteiger partial charge in [0.1, 0.15) is 5.82 Å². The Morgan fingerprint density at radius 2 is 1.89 bits per heavy atom. The number of likely N-dealkylation sites (tertiary alicyclic amines) is 1. The van der Waals surface area contributed by atoms with Crippen molar-refractivity contribution in [1.29, 1.82) is 0 Å². The summed E-state index contributed by atoms with van der Waals surface area (Å²) in [7, 11) is 0. The minimum Gasteiger partial charge on any atom is -0.339 e. The van der Waals surface area contributed by atoms with Crippen molar-refractivity contribution in [2.75, 3.05) is 37.6 Å². The third-order valence-corrected chi connectivity index (χ3v) is 4.21. The Morgan fingerprint density at radius 1 is 1.16 bits per heavy atom.